The van der Waals surface area contributed by atoms with Gasteiger partial charge in [-0.1, -0.05) is 0 Å². The predicted octanol–water partition coefficient (Wildman–Crippen LogP) is 2.00. The molecule has 0 amide bonds. The van der Waals surface area contributed by atoms with Gasteiger partial charge >= 0.3 is 0 Å². The first-order valence-electron chi connectivity index (χ1n) is 5.14. The number of aromatic nitrogens is 1. The topological polar surface area (TPSA) is 52.0 Å². The van der Waals surface area contributed by atoms with Crippen molar-refractivity contribution in [3.8, 4) is 6.07 Å². The van der Waals surface area contributed by atoms with E-state index < -0.39 is 11.6 Å². The largest absolute Gasteiger partial charge is 0.371 e. The Morgan fingerprint density at radius 1 is 1.53 bits per heavy atom. The van der Waals surface area contributed by atoms with E-state index in [1.54, 1.807) is 14.0 Å². The van der Waals surface area contributed by atoms with Gasteiger partial charge in [0.15, 0.2) is 23.3 Å². The Balaban J connectivity index is 3.01. The van der Waals surface area contributed by atoms with Crippen LogP contribution in [0.2, 0.25) is 0 Å². The minimum Gasteiger partial charge on any atom is -0.371 e. The van der Waals surface area contributed by atoms with Crippen LogP contribution < -0.4 is 10.2 Å². The Kier molecular flexibility index (Phi) is 4.21. The average Bonchev–Trinajstić information content (AvgIpc) is 2.28. The molecule has 0 bridgehead atoms. The van der Waals surface area contributed by atoms with Gasteiger partial charge in [0.1, 0.15) is 0 Å². The molecular formula is C11H14F2N4. The fraction of sp³-hybridized carbons (Fsp3) is 0.455. The maximum absolute atomic E-state index is 13.5. The first-order chi connectivity index (χ1) is 7.99. The van der Waals surface area contributed by atoms with Crippen LogP contribution in [0, 0.1) is 28.9 Å². The summed E-state index contributed by atoms with van der Waals surface area (Å²) in [4.78, 5) is 5.32. The molecule has 92 valence electrons. The third-order valence-electron chi connectivity index (χ3n) is 2.28. The van der Waals surface area contributed by atoms with Crippen LogP contribution in [0.3, 0.4) is 0 Å². The van der Waals surface area contributed by atoms with E-state index >= 15 is 0 Å². The van der Waals surface area contributed by atoms with Crippen molar-refractivity contribution in [2.45, 2.75) is 6.92 Å². The molecule has 0 fully saturated rings. The molecule has 1 rings (SSSR count). The summed E-state index contributed by atoms with van der Waals surface area (Å²) in [6.45, 7) is 2.05. The summed E-state index contributed by atoms with van der Waals surface area (Å²) in [5.74, 6) is -1.73. The summed E-state index contributed by atoms with van der Waals surface area (Å²) in [5, 5.41) is 11.2. The molecular weight excluding hydrogens is 226 g/mol. The molecule has 0 aliphatic carbocycles. The highest BCUT2D eigenvalue weighted by molar-refractivity contribution is 5.48. The number of hydrogen-bond acceptors (Lipinski definition) is 4. The van der Waals surface area contributed by atoms with Crippen molar-refractivity contribution in [2.75, 3.05) is 30.9 Å². The van der Waals surface area contributed by atoms with Crippen molar-refractivity contribution in [3.05, 3.63) is 17.7 Å². The summed E-state index contributed by atoms with van der Waals surface area (Å²) in [5.41, 5.74) is 0. The molecule has 1 heterocycles. The molecule has 0 saturated heterocycles. The predicted molar refractivity (Wildman–Crippen MR) is 61.7 cm³/mol. The molecule has 0 aliphatic heterocycles. The average molecular weight is 240 g/mol. The molecule has 0 radical (unpaired) electrons. The second-order valence-electron chi connectivity index (χ2n) is 3.78. The Hall–Kier alpha value is -1.90. The number of hydrogen-bond donors (Lipinski definition) is 1. The Morgan fingerprint density at radius 2 is 2.18 bits per heavy atom. The third-order valence-corrected chi connectivity index (χ3v) is 2.28. The minimum absolute atomic E-state index is 0.0159. The van der Waals surface area contributed by atoms with Crippen LogP contribution in [0.4, 0.5) is 20.4 Å². The van der Waals surface area contributed by atoms with E-state index in [2.05, 4.69) is 10.3 Å². The lowest BCUT2D eigenvalue weighted by Gasteiger charge is -2.20. The number of nitrogens with one attached hydrogen (secondary N) is 1. The molecule has 0 saturated carbocycles. The zero-order valence-electron chi connectivity index (χ0n) is 9.96. The zero-order chi connectivity index (χ0) is 13.0. The quantitative estimate of drug-likeness (QED) is 0.874. The van der Waals surface area contributed by atoms with Gasteiger partial charge in [-0.25, -0.2) is 13.8 Å². The molecule has 6 heteroatoms. The smallest absolute Gasteiger partial charge is 0.168 e. The highest BCUT2D eigenvalue weighted by Crippen LogP contribution is 2.21. The van der Waals surface area contributed by atoms with Crippen molar-refractivity contribution in [1.82, 2.24) is 4.98 Å². The SMILES string of the molecule is CNc1nc(N(C)CC(C)C#N)c(F)cc1F. The monoisotopic (exact) mass is 240 g/mol. The van der Waals surface area contributed by atoms with E-state index in [9.17, 15) is 8.78 Å². The molecule has 1 unspecified atom stereocenters. The van der Waals surface area contributed by atoms with Crippen molar-refractivity contribution >= 4 is 11.6 Å². The molecule has 4 nitrogen and oxygen atoms in total. The molecule has 1 aromatic rings. The van der Waals surface area contributed by atoms with Crippen LogP contribution in [-0.2, 0) is 0 Å². The Labute approximate surface area is 98.9 Å². The number of anilines is 2. The second-order valence-corrected chi connectivity index (χ2v) is 3.78. The van der Waals surface area contributed by atoms with Gasteiger partial charge in [-0.05, 0) is 6.92 Å². The maximum Gasteiger partial charge on any atom is 0.168 e. The van der Waals surface area contributed by atoms with Crippen LogP contribution in [-0.4, -0.2) is 25.6 Å². The highest BCUT2D eigenvalue weighted by Gasteiger charge is 2.16. The fourth-order valence-electron chi connectivity index (χ4n) is 1.44. The molecule has 1 N–H and O–H groups in total. The number of pyridine rings is 1. The number of nitriles is 1. The summed E-state index contributed by atoms with van der Waals surface area (Å²) in [7, 11) is 3.11. The molecule has 0 spiro atoms. The van der Waals surface area contributed by atoms with E-state index in [0.717, 1.165) is 6.07 Å². The number of nitrogens with zero attached hydrogens (tertiary/aromatic N) is 3. The van der Waals surface area contributed by atoms with Gasteiger partial charge < -0.3 is 10.2 Å². The van der Waals surface area contributed by atoms with Crippen molar-refractivity contribution in [3.63, 3.8) is 0 Å². The third kappa shape index (κ3) is 3.03. The van der Waals surface area contributed by atoms with Crippen LogP contribution in [0.25, 0.3) is 0 Å². The van der Waals surface area contributed by atoms with E-state index in [4.69, 9.17) is 5.26 Å². The van der Waals surface area contributed by atoms with Gasteiger partial charge in [0, 0.05) is 26.7 Å². The van der Waals surface area contributed by atoms with E-state index in [-0.39, 0.29) is 17.6 Å². The summed E-state index contributed by atoms with van der Waals surface area (Å²) in [6.07, 6.45) is 0. The minimum atomic E-state index is -0.742. The molecule has 17 heavy (non-hydrogen) atoms. The van der Waals surface area contributed by atoms with Gasteiger partial charge in [0.2, 0.25) is 0 Å². The van der Waals surface area contributed by atoms with E-state index in [0.29, 0.717) is 6.54 Å². The van der Waals surface area contributed by atoms with Gasteiger partial charge in [-0.15, -0.1) is 0 Å². The van der Waals surface area contributed by atoms with Crippen LogP contribution in [0.15, 0.2) is 6.07 Å². The van der Waals surface area contributed by atoms with Crippen molar-refractivity contribution < 1.29 is 8.78 Å². The van der Waals surface area contributed by atoms with Crippen molar-refractivity contribution in [1.29, 1.82) is 5.26 Å². The number of halogens is 2. The second kappa shape index (κ2) is 5.43. The lowest BCUT2D eigenvalue weighted by atomic mass is 10.2. The normalized spacial score (nSPS) is 11.8. The van der Waals surface area contributed by atoms with Gasteiger partial charge in [0.25, 0.3) is 0 Å². The van der Waals surface area contributed by atoms with Gasteiger partial charge in [0.05, 0.1) is 12.0 Å². The lowest BCUT2D eigenvalue weighted by molar-refractivity contribution is 0.569. The molecule has 0 aromatic carbocycles. The van der Waals surface area contributed by atoms with E-state index in [1.165, 1.54) is 11.9 Å². The fourth-order valence-corrected chi connectivity index (χ4v) is 1.44. The van der Waals surface area contributed by atoms with Gasteiger partial charge in [-0.2, -0.15) is 5.26 Å². The molecule has 0 aliphatic rings. The maximum atomic E-state index is 13.5. The summed E-state index contributed by atoms with van der Waals surface area (Å²) >= 11 is 0. The number of rotatable bonds is 4. The standard InChI is InChI=1S/C11H14F2N4/c1-7(5-14)6-17(3)11-9(13)4-8(12)10(15-2)16-11/h4,7H,6H2,1-3H3,(H,15,16). The molecule has 1 aromatic heterocycles. The van der Waals surface area contributed by atoms with Crippen LogP contribution >= 0.6 is 0 Å². The van der Waals surface area contributed by atoms with Gasteiger partial charge in [-0.3, -0.25) is 0 Å². The zero-order valence-corrected chi connectivity index (χ0v) is 9.96. The Morgan fingerprint density at radius 3 is 2.71 bits per heavy atom. The lowest BCUT2D eigenvalue weighted by Crippen LogP contribution is -2.25. The van der Waals surface area contributed by atoms with Crippen LogP contribution in [0.1, 0.15) is 6.92 Å². The first-order valence-corrected chi connectivity index (χ1v) is 5.14. The summed E-state index contributed by atoms with van der Waals surface area (Å²) < 4.78 is 26.7. The molecule has 1 atom stereocenters. The Bertz CT molecular complexity index is 442. The first kappa shape index (κ1) is 13.2. The van der Waals surface area contributed by atoms with Crippen LogP contribution in [0.5, 0.6) is 0 Å². The summed E-state index contributed by atoms with van der Waals surface area (Å²) in [6, 6.07) is 2.82. The van der Waals surface area contributed by atoms with Crippen molar-refractivity contribution in [2.24, 2.45) is 5.92 Å². The van der Waals surface area contributed by atoms with E-state index in [1.807, 2.05) is 6.07 Å². The highest BCUT2D eigenvalue weighted by atomic mass is 19.1.